The first kappa shape index (κ1) is 13.2. The van der Waals surface area contributed by atoms with Crippen LogP contribution in [0.5, 0.6) is 0 Å². The van der Waals surface area contributed by atoms with Gasteiger partial charge in [-0.15, -0.1) is 5.10 Å². The standard InChI is InChI=1S/C11H12ClN3O2S/c1-18(17)11-13-7-15(14-11)6-10(16)8-3-2-4-9(12)5-8/h2-5,7,10,16H,6H2,1H3/t10-,18-/m0/s1. The van der Waals surface area contributed by atoms with Crippen LogP contribution < -0.4 is 0 Å². The highest BCUT2D eigenvalue weighted by Gasteiger charge is 2.11. The van der Waals surface area contributed by atoms with Gasteiger partial charge in [0.15, 0.2) is 0 Å². The summed E-state index contributed by atoms with van der Waals surface area (Å²) in [7, 11) is -1.22. The molecule has 0 saturated carbocycles. The first-order valence-corrected chi connectivity index (χ1v) is 7.16. The zero-order valence-electron chi connectivity index (χ0n) is 9.65. The predicted molar refractivity (Wildman–Crippen MR) is 68.8 cm³/mol. The number of hydrogen-bond donors (Lipinski definition) is 1. The van der Waals surface area contributed by atoms with E-state index in [0.717, 1.165) is 0 Å². The van der Waals surface area contributed by atoms with Gasteiger partial charge < -0.3 is 5.11 Å². The van der Waals surface area contributed by atoms with Gasteiger partial charge in [0, 0.05) is 11.3 Å². The molecule has 0 aliphatic carbocycles. The van der Waals surface area contributed by atoms with Crippen molar-refractivity contribution in [2.45, 2.75) is 17.8 Å². The van der Waals surface area contributed by atoms with Crippen LogP contribution in [-0.2, 0) is 17.3 Å². The van der Waals surface area contributed by atoms with Crippen molar-refractivity contribution in [3.05, 3.63) is 41.2 Å². The molecule has 2 rings (SSSR count). The zero-order valence-corrected chi connectivity index (χ0v) is 11.2. The van der Waals surface area contributed by atoms with Crippen molar-refractivity contribution in [3.8, 4) is 0 Å². The number of aromatic nitrogens is 3. The van der Waals surface area contributed by atoms with E-state index in [2.05, 4.69) is 10.1 Å². The molecule has 1 N–H and O–H groups in total. The largest absolute Gasteiger partial charge is 0.386 e. The molecule has 1 aromatic heterocycles. The summed E-state index contributed by atoms with van der Waals surface area (Å²) in [5.74, 6) is 0. The number of hydrogen-bond acceptors (Lipinski definition) is 4. The van der Waals surface area contributed by atoms with Gasteiger partial charge in [0.1, 0.15) is 6.33 Å². The molecule has 0 amide bonds. The maximum atomic E-state index is 11.2. The van der Waals surface area contributed by atoms with Gasteiger partial charge in [-0.25, -0.2) is 9.67 Å². The number of nitrogens with zero attached hydrogens (tertiary/aromatic N) is 3. The number of rotatable bonds is 4. The average Bonchev–Trinajstić information content (AvgIpc) is 2.77. The highest BCUT2D eigenvalue weighted by molar-refractivity contribution is 7.84. The molecule has 96 valence electrons. The molecule has 0 aliphatic heterocycles. The lowest BCUT2D eigenvalue weighted by Gasteiger charge is -2.10. The number of aliphatic hydroxyl groups excluding tert-OH is 1. The molecule has 0 bridgehead atoms. The van der Waals surface area contributed by atoms with E-state index in [1.54, 1.807) is 24.3 Å². The number of aliphatic hydroxyl groups is 1. The summed E-state index contributed by atoms with van der Waals surface area (Å²) in [6.07, 6.45) is 2.22. The van der Waals surface area contributed by atoms with E-state index in [1.165, 1.54) is 17.3 Å². The Hall–Kier alpha value is -1.24. The third-order valence-electron chi connectivity index (χ3n) is 2.37. The minimum atomic E-state index is -1.22. The Morgan fingerprint density at radius 1 is 1.56 bits per heavy atom. The summed E-state index contributed by atoms with van der Waals surface area (Å²) in [6.45, 7) is 0.241. The second-order valence-corrected chi connectivity index (χ2v) is 5.48. The topological polar surface area (TPSA) is 68.0 Å². The molecule has 18 heavy (non-hydrogen) atoms. The van der Waals surface area contributed by atoms with Crippen LogP contribution >= 0.6 is 11.6 Å². The van der Waals surface area contributed by atoms with Crippen molar-refractivity contribution in [2.24, 2.45) is 0 Å². The summed E-state index contributed by atoms with van der Waals surface area (Å²) in [4.78, 5) is 3.89. The predicted octanol–water partition coefficient (Wildman–Crippen LogP) is 1.40. The number of halogens is 1. The van der Waals surface area contributed by atoms with Crippen molar-refractivity contribution in [1.29, 1.82) is 0 Å². The molecule has 5 nitrogen and oxygen atoms in total. The fraction of sp³-hybridized carbons (Fsp3) is 0.273. The molecule has 2 aromatic rings. The van der Waals surface area contributed by atoms with Gasteiger partial charge in [-0.3, -0.25) is 4.21 Å². The highest BCUT2D eigenvalue weighted by atomic mass is 35.5. The second kappa shape index (κ2) is 5.60. The lowest BCUT2D eigenvalue weighted by Crippen LogP contribution is -2.09. The van der Waals surface area contributed by atoms with Gasteiger partial charge in [0.05, 0.1) is 23.4 Å². The van der Waals surface area contributed by atoms with Crippen molar-refractivity contribution < 1.29 is 9.32 Å². The lowest BCUT2D eigenvalue weighted by molar-refractivity contribution is 0.151. The first-order chi connectivity index (χ1) is 8.56. The zero-order chi connectivity index (χ0) is 13.1. The lowest BCUT2D eigenvalue weighted by atomic mass is 10.1. The molecule has 0 spiro atoms. The Labute approximate surface area is 112 Å². The minimum Gasteiger partial charge on any atom is -0.386 e. The van der Waals surface area contributed by atoms with Crippen LogP contribution in [-0.4, -0.2) is 30.3 Å². The van der Waals surface area contributed by atoms with Gasteiger partial charge in [-0.1, -0.05) is 23.7 Å². The Kier molecular flexibility index (Phi) is 4.11. The van der Waals surface area contributed by atoms with Gasteiger partial charge in [0.25, 0.3) is 0 Å². The molecule has 0 fully saturated rings. The van der Waals surface area contributed by atoms with E-state index in [0.29, 0.717) is 10.6 Å². The third-order valence-corrected chi connectivity index (χ3v) is 3.30. The van der Waals surface area contributed by atoms with Crippen molar-refractivity contribution in [2.75, 3.05) is 6.26 Å². The van der Waals surface area contributed by atoms with Crippen molar-refractivity contribution >= 4 is 22.4 Å². The summed E-state index contributed by atoms with van der Waals surface area (Å²) in [5.41, 5.74) is 0.706. The van der Waals surface area contributed by atoms with Crippen molar-refractivity contribution in [1.82, 2.24) is 14.8 Å². The van der Waals surface area contributed by atoms with Crippen molar-refractivity contribution in [3.63, 3.8) is 0 Å². The van der Waals surface area contributed by atoms with E-state index in [-0.39, 0.29) is 11.7 Å². The molecule has 1 aromatic carbocycles. The van der Waals surface area contributed by atoms with Crippen LogP contribution in [0, 0.1) is 0 Å². The highest BCUT2D eigenvalue weighted by Crippen LogP contribution is 2.18. The monoisotopic (exact) mass is 285 g/mol. The van der Waals surface area contributed by atoms with Gasteiger partial charge in [-0.2, -0.15) is 0 Å². The molecule has 7 heteroatoms. The number of benzene rings is 1. The molecule has 1 heterocycles. The molecule has 2 atom stereocenters. The van der Waals surface area contributed by atoms with Crippen LogP contribution in [0.4, 0.5) is 0 Å². The maximum Gasteiger partial charge on any atom is 0.238 e. The van der Waals surface area contributed by atoms with Crippen LogP contribution in [0.3, 0.4) is 0 Å². The Bertz CT molecular complexity index is 573. The summed E-state index contributed by atoms with van der Waals surface area (Å²) >= 11 is 5.85. The smallest absolute Gasteiger partial charge is 0.238 e. The van der Waals surface area contributed by atoms with Crippen LogP contribution in [0.15, 0.2) is 35.7 Å². The average molecular weight is 286 g/mol. The second-order valence-electron chi connectivity index (χ2n) is 3.77. The fourth-order valence-electron chi connectivity index (χ4n) is 1.49. The molecule has 0 radical (unpaired) electrons. The third kappa shape index (κ3) is 3.16. The van der Waals surface area contributed by atoms with E-state index in [4.69, 9.17) is 11.6 Å². The Morgan fingerprint density at radius 3 is 2.94 bits per heavy atom. The normalized spacial score (nSPS) is 14.4. The molecule has 0 saturated heterocycles. The molecule has 0 unspecified atom stereocenters. The van der Waals surface area contributed by atoms with E-state index >= 15 is 0 Å². The molecular formula is C11H12ClN3O2S. The minimum absolute atomic E-state index is 0.241. The van der Waals surface area contributed by atoms with E-state index in [9.17, 15) is 9.32 Å². The first-order valence-electron chi connectivity index (χ1n) is 5.22. The summed E-state index contributed by atoms with van der Waals surface area (Å²) < 4.78 is 12.6. The SMILES string of the molecule is C[S@](=O)c1ncn(C[C@H](O)c2cccc(Cl)c2)n1. The fourth-order valence-corrected chi connectivity index (χ4v) is 2.11. The molecular weight excluding hydrogens is 274 g/mol. The van der Waals surface area contributed by atoms with Gasteiger partial charge in [-0.05, 0) is 17.7 Å². The van der Waals surface area contributed by atoms with Crippen LogP contribution in [0.25, 0.3) is 0 Å². The van der Waals surface area contributed by atoms with Gasteiger partial charge in [0.2, 0.25) is 5.16 Å². The summed E-state index contributed by atoms with van der Waals surface area (Å²) in [5, 5.41) is 14.9. The van der Waals surface area contributed by atoms with Crippen LogP contribution in [0.1, 0.15) is 11.7 Å². The summed E-state index contributed by atoms with van der Waals surface area (Å²) in [6, 6.07) is 6.99. The molecule has 0 aliphatic rings. The quantitative estimate of drug-likeness (QED) is 0.922. The Morgan fingerprint density at radius 2 is 2.33 bits per heavy atom. The van der Waals surface area contributed by atoms with E-state index < -0.39 is 16.9 Å². The maximum absolute atomic E-state index is 11.2. The van der Waals surface area contributed by atoms with Crippen LogP contribution in [0.2, 0.25) is 5.02 Å². The van der Waals surface area contributed by atoms with E-state index in [1.807, 2.05) is 0 Å². The Balaban J connectivity index is 2.11. The van der Waals surface area contributed by atoms with Gasteiger partial charge >= 0.3 is 0 Å².